The van der Waals surface area contributed by atoms with Gasteiger partial charge < -0.3 is 9.88 Å². The highest BCUT2D eigenvalue weighted by molar-refractivity contribution is 7.80. The second kappa shape index (κ2) is 8.35. The number of aromatic nitrogens is 1. The summed E-state index contributed by atoms with van der Waals surface area (Å²) < 4.78 is 13.0. The van der Waals surface area contributed by atoms with Crippen LogP contribution in [0.15, 0.2) is 24.3 Å². The number of benzene rings is 1. The number of ketones is 1. The van der Waals surface area contributed by atoms with Gasteiger partial charge in [-0.2, -0.15) is 0 Å². The van der Waals surface area contributed by atoms with Crippen LogP contribution in [0.5, 0.6) is 0 Å². The van der Waals surface area contributed by atoms with E-state index in [1.54, 1.807) is 12.1 Å². The van der Waals surface area contributed by atoms with Crippen LogP contribution in [-0.4, -0.2) is 40.2 Å². The topological polar surface area (TPSA) is 36.1 Å². The third-order valence-electron chi connectivity index (χ3n) is 7.31. The fraction of sp³-hybridized carbons (Fsp3) is 0.520. The zero-order valence-corrected chi connectivity index (χ0v) is 18.2. The Morgan fingerprint density at radius 2 is 1.97 bits per heavy atom. The van der Waals surface area contributed by atoms with Crippen LogP contribution in [0.3, 0.4) is 0 Å². The molecule has 0 bridgehead atoms. The Morgan fingerprint density at radius 3 is 2.80 bits per heavy atom. The van der Waals surface area contributed by atoms with Crippen molar-refractivity contribution in [2.24, 2.45) is 11.8 Å². The normalized spacial score (nSPS) is 23.6. The Labute approximate surface area is 183 Å². The molecule has 2 aromatic rings. The van der Waals surface area contributed by atoms with Crippen molar-refractivity contribution in [2.45, 2.75) is 51.4 Å². The first-order chi connectivity index (χ1) is 14.6. The molecule has 0 radical (unpaired) electrons. The summed E-state index contributed by atoms with van der Waals surface area (Å²) in [5.74, 6) is 0.921. The number of piperidine rings is 1. The third kappa shape index (κ3) is 3.78. The molecule has 158 valence electrons. The van der Waals surface area contributed by atoms with Gasteiger partial charge in [-0.3, -0.25) is 4.79 Å². The molecule has 3 aliphatic rings. The molecule has 1 fully saturated rings. The summed E-state index contributed by atoms with van der Waals surface area (Å²) in [6.45, 7) is 3.04. The molecule has 5 rings (SSSR count). The standard InChI is InChI=1S/C25H29FN2OS/c26-18-9-7-16(8-10-18)23(29)6-3-12-28-13-11-17-14-22-24(25(30)20(17)15-28)19-4-1-2-5-21(19)27-22/h7-10,17,20,27H,1-6,11-15H2/t17-,20+/m0/s1. The van der Waals surface area contributed by atoms with Gasteiger partial charge in [0, 0.05) is 46.3 Å². The van der Waals surface area contributed by atoms with Gasteiger partial charge in [0.05, 0.1) is 0 Å². The average molecular weight is 425 g/mol. The highest BCUT2D eigenvalue weighted by Gasteiger charge is 2.39. The molecular weight excluding hydrogens is 395 g/mol. The maximum atomic E-state index is 13.0. The van der Waals surface area contributed by atoms with E-state index in [-0.39, 0.29) is 11.6 Å². The number of H-pyrrole nitrogens is 1. The molecule has 2 atom stereocenters. The summed E-state index contributed by atoms with van der Waals surface area (Å²) in [7, 11) is 0. The van der Waals surface area contributed by atoms with Crippen molar-refractivity contribution < 1.29 is 9.18 Å². The molecule has 1 aromatic heterocycles. The van der Waals surface area contributed by atoms with Gasteiger partial charge in [0.1, 0.15) is 5.82 Å². The quantitative estimate of drug-likeness (QED) is 0.547. The number of hydrogen-bond acceptors (Lipinski definition) is 3. The van der Waals surface area contributed by atoms with Crippen molar-refractivity contribution in [3.8, 4) is 0 Å². The molecule has 3 nitrogen and oxygen atoms in total. The molecule has 0 unspecified atom stereocenters. The largest absolute Gasteiger partial charge is 0.361 e. The highest BCUT2D eigenvalue weighted by Crippen LogP contribution is 2.40. The van der Waals surface area contributed by atoms with E-state index in [0.29, 0.717) is 23.8 Å². The average Bonchev–Trinajstić information content (AvgIpc) is 3.13. The molecule has 0 spiro atoms. The first kappa shape index (κ1) is 20.1. The Bertz CT molecular complexity index is 964. The maximum absolute atomic E-state index is 13.0. The third-order valence-corrected chi connectivity index (χ3v) is 7.81. The first-order valence-corrected chi connectivity index (χ1v) is 11.8. The lowest BCUT2D eigenvalue weighted by Crippen LogP contribution is -2.46. The van der Waals surface area contributed by atoms with E-state index >= 15 is 0 Å². The number of thiocarbonyl (C=S) groups is 1. The van der Waals surface area contributed by atoms with Crippen molar-refractivity contribution >= 4 is 22.9 Å². The maximum Gasteiger partial charge on any atom is 0.162 e. The summed E-state index contributed by atoms with van der Waals surface area (Å²) in [4.78, 5) is 19.8. The van der Waals surface area contributed by atoms with Gasteiger partial charge >= 0.3 is 0 Å². The number of nitrogens with zero attached hydrogens (tertiary/aromatic N) is 1. The summed E-state index contributed by atoms with van der Waals surface area (Å²) in [6.07, 6.45) is 8.59. The van der Waals surface area contributed by atoms with E-state index in [2.05, 4.69) is 9.88 Å². The van der Waals surface area contributed by atoms with Crippen LogP contribution in [0.2, 0.25) is 0 Å². The fourth-order valence-corrected chi connectivity index (χ4v) is 6.21. The van der Waals surface area contributed by atoms with Crippen LogP contribution in [0, 0.1) is 17.7 Å². The van der Waals surface area contributed by atoms with Crippen molar-refractivity contribution in [1.82, 2.24) is 9.88 Å². The van der Waals surface area contributed by atoms with E-state index in [1.807, 2.05) is 0 Å². The van der Waals surface area contributed by atoms with E-state index in [4.69, 9.17) is 12.2 Å². The van der Waals surface area contributed by atoms with Crippen LogP contribution in [0.4, 0.5) is 4.39 Å². The SMILES string of the molecule is O=C(CCCN1CC[C@H]2Cc3[nH]c4c(c3C(=S)[C@@H]2C1)CCCC4)c1ccc(F)cc1. The summed E-state index contributed by atoms with van der Waals surface area (Å²) in [5, 5.41) is 0. The number of rotatable bonds is 5. The van der Waals surface area contributed by atoms with E-state index < -0.39 is 0 Å². The number of carbonyl (C=O) groups excluding carboxylic acids is 1. The Balaban J connectivity index is 1.20. The number of likely N-dealkylation sites (tertiary alicyclic amines) is 1. The molecular formula is C25H29FN2OS. The minimum Gasteiger partial charge on any atom is -0.361 e. The summed E-state index contributed by atoms with van der Waals surface area (Å²) in [5.41, 5.74) is 6.37. The molecule has 2 aliphatic carbocycles. The van der Waals surface area contributed by atoms with Crippen molar-refractivity contribution in [2.75, 3.05) is 19.6 Å². The minimum absolute atomic E-state index is 0.0988. The lowest BCUT2D eigenvalue weighted by Gasteiger charge is -2.41. The summed E-state index contributed by atoms with van der Waals surface area (Å²) >= 11 is 6.05. The predicted octanol–water partition coefficient (Wildman–Crippen LogP) is 4.91. The number of Topliss-reactive ketones (excluding diaryl/α,β-unsaturated/α-hetero) is 1. The number of nitrogens with one attached hydrogen (secondary N) is 1. The van der Waals surface area contributed by atoms with Gasteiger partial charge in [-0.05, 0) is 93.8 Å². The lowest BCUT2D eigenvalue weighted by atomic mass is 9.73. The molecule has 1 N–H and O–H groups in total. The van der Waals surface area contributed by atoms with Gasteiger partial charge in [-0.25, -0.2) is 4.39 Å². The summed E-state index contributed by atoms with van der Waals surface area (Å²) in [6, 6.07) is 5.88. The lowest BCUT2D eigenvalue weighted by molar-refractivity contribution is 0.0965. The Hall–Kier alpha value is -1.85. The van der Waals surface area contributed by atoms with Gasteiger partial charge in [0.15, 0.2) is 5.78 Å². The molecule has 5 heteroatoms. The van der Waals surface area contributed by atoms with Crippen molar-refractivity contribution in [3.05, 3.63) is 58.2 Å². The van der Waals surface area contributed by atoms with Gasteiger partial charge in [-0.15, -0.1) is 0 Å². The second-order valence-electron chi connectivity index (χ2n) is 9.20. The smallest absolute Gasteiger partial charge is 0.162 e. The van der Waals surface area contributed by atoms with Crippen LogP contribution in [0.1, 0.15) is 65.0 Å². The van der Waals surface area contributed by atoms with Gasteiger partial charge in [0.2, 0.25) is 0 Å². The van der Waals surface area contributed by atoms with Gasteiger partial charge in [-0.1, -0.05) is 12.2 Å². The van der Waals surface area contributed by atoms with Crippen molar-refractivity contribution in [1.29, 1.82) is 0 Å². The van der Waals surface area contributed by atoms with Crippen LogP contribution >= 0.6 is 12.2 Å². The molecule has 1 aromatic carbocycles. The number of carbonyl (C=O) groups is 1. The zero-order valence-electron chi connectivity index (χ0n) is 17.4. The number of aryl methyl sites for hydroxylation is 1. The molecule has 0 amide bonds. The van der Waals surface area contributed by atoms with Crippen molar-refractivity contribution in [3.63, 3.8) is 0 Å². The molecule has 2 heterocycles. The monoisotopic (exact) mass is 424 g/mol. The van der Waals surface area contributed by atoms with Crippen LogP contribution in [-0.2, 0) is 19.3 Å². The van der Waals surface area contributed by atoms with E-state index in [0.717, 1.165) is 32.5 Å². The van der Waals surface area contributed by atoms with Crippen LogP contribution < -0.4 is 0 Å². The molecule has 1 saturated heterocycles. The Kier molecular flexibility index (Phi) is 5.59. The number of fused-ring (bicyclic) bond motifs is 4. The Morgan fingerprint density at radius 1 is 1.17 bits per heavy atom. The highest BCUT2D eigenvalue weighted by atomic mass is 32.1. The number of hydrogen-bond donors (Lipinski definition) is 1. The predicted molar refractivity (Wildman–Crippen MR) is 121 cm³/mol. The molecule has 1 aliphatic heterocycles. The molecule has 30 heavy (non-hydrogen) atoms. The first-order valence-electron chi connectivity index (χ1n) is 11.4. The number of aromatic amines is 1. The zero-order chi connectivity index (χ0) is 20.7. The fourth-order valence-electron chi connectivity index (χ4n) is 5.70. The van der Waals surface area contributed by atoms with Gasteiger partial charge in [0.25, 0.3) is 0 Å². The van der Waals surface area contributed by atoms with E-state index in [1.165, 1.54) is 71.6 Å². The molecule has 0 saturated carbocycles. The minimum atomic E-state index is -0.301. The van der Waals surface area contributed by atoms with E-state index in [9.17, 15) is 9.18 Å². The second-order valence-corrected chi connectivity index (χ2v) is 9.64. The number of halogens is 1. The van der Waals surface area contributed by atoms with Crippen LogP contribution in [0.25, 0.3) is 0 Å².